The number of aryl methyl sites for hydroxylation is 1. The van der Waals surface area contributed by atoms with Crippen LogP contribution in [0.5, 0.6) is 5.75 Å². The fraction of sp³-hybridized carbons (Fsp3) is 0.440. The molecule has 2 heterocycles. The highest BCUT2D eigenvalue weighted by molar-refractivity contribution is 6.32. The largest absolute Gasteiger partial charge is 0.486 e. The summed E-state index contributed by atoms with van der Waals surface area (Å²) in [5, 5.41) is 0.630. The number of halogens is 1. The molecule has 0 aromatic heterocycles. The van der Waals surface area contributed by atoms with Crippen molar-refractivity contribution in [1.29, 1.82) is 0 Å². The molecular formula is C25H28ClNO3. The number of fused-ring (bicyclic) bond motifs is 1. The number of rotatable bonds is 2. The molecular weight excluding hydrogens is 398 g/mol. The van der Waals surface area contributed by atoms with Gasteiger partial charge in [0.1, 0.15) is 11.4 Å². The maximum absolute atomic E-state index is 12.9. The van der Waals surface area contributed by atoms with Crippen LogP contribution in [0.15, 0.2) is 30.3 Å². The summed E-state index contributed by atoms with van der Waals surface area (Å²) in [5.74, 6) is 1.20. The van der Waals surface area contributed by atoms with Gasteiger partial charge in [-0.3, -0.25) is 9.59 Å². The summed E-state index contributed by atoms with van der Waals surface area (Å²) in [5.41, 5.74) is 3.72. The van der Waals surface area contributed by atoms with E-state index < -0.39 is 5.60 Å². The normalized spacial score (nSPS) is 17.8. The molecule has 4 rings (SSSR count). The Hall–Kier alpha value is -2.33. The summed E-state index contributed by atoms with van der Waals surface area (Å²) in [6.07, 6.45) is 1.63. The van der Waals surface area contributed by atoms with Crippen LogP contribution in [0.4, 0.5) is 0 Å². The summed E-state index contributed by atoms with van der Waals surface area (Å²) in [6, 6.07) is 9.75. The lowest BCUT2D eigenvalue weighted by molar-refractivity contribution is -0.00580. The van der Waals surface area contributed by atoms with Crippen LogP contribution in [0.3, 0.4) is 0 Å². The lowest BCUT2D eigenvalue weighted by atomic mass is 9.81. The van der Waals surface area contributed by atoms with Crippen LogP contribution in [0.25, 0.3) is 0 Å². The number of carbonyl (C=O) groups is 2. The smallest absolute Gasteiger partial charge is 0.253 e. The molecule has 0 saturated carbocycles. The van der Waals surface area contributed by atoms with E-state index >= 15 is 0 Å². The van der Waals surface area contributed by atoms with E-state index in [1.807, 2.05) is 49.1 Å². The summed E-state index contributed by atoms with van der Waals surface area (Å²) >= 11 is 6.34. The Morgan fingerprint density at radius 3 is 2.37 bits per heavy atom. The van der Waals surface area contributed by atoms with Gasteiger partial charge in [0.25, 0.3) is 5.91 Å². The highest BCUT2D eigenvalue weighted by Gasteiger charge is 2.44. The summed E-state index contributed by atoms with van der Waals surface area (Å²) in [7, 11) is 0. The number of amides is 1. The van der Waals surface area contributed by atoms with Gasteiger partial charge in [-0.15, -0.1) is 0 Å². The van der Waals surface area contributed by atoms with Gasteiger partial charge in [0.2, 0.25) is 0 Å². The van der Waals surface area contributed by atoms with Crippen molar-refractivity contribution in [1.82, 2.24) is 4.90 Å². The second kappa shape index (κ2) is 7.73. The van der Waals surface area contributed by atoms with Gasteiger partial charge in [-0.2, -0.15) is 0 Å². The van der Waals surface area contributed by atoms with Gasteiger partial charge >= 0.3 is 0 Å². The number of Topliss-reactive ketones (excluding diaryl/α,β-unsaturated/α-hetero) is 1. The average molecular weight is 426 g/mol. The quantitative estimate of drug-likeness (QED) is 0.618. The fourth-order valence-corrected chi connectivity index (χ4v) is 4.74. The average Bonchev–Trinajstić information content (AvgIpc) is 2.72. The summed E-state index contributed by atoms with van der Waals surface area (Å²) in [6.45, 7) is 9.25. The molecule has 2 aliphatic rings. The van der Waals surface area contributed by atoms with Crippen LogP contribution in [0.2, 0.25) is 5.02 Å². The molecule has 30 heavy (non-hydrogen) atoms. The van der Waals surface area contributed by atoms with Crippen molar-refractivity contribution in [3.8, 4) is 5.75 Å². The molecule has 2 aromatic carbocycles. The van der Waals surface area contributed by atoms with E-state index in [1.165, 1.54) is 5.56 Å². The molecule has 1 saturated heterocycles. The van der Waals surface area contributed by atoms with E-state index in [9.17, 15) is 9.59 Å². The van der Waals surface area contributed by atoms with E-state index in [0.29, 0.717) is 60.2 Å². The molecule has 0 bridgehead atoms. The third-order valence-corrected chi connectivity index (χ3v) is 7.10. The first-order valence-corrected chi connectivity index (χ1v) is 11.0. The van der Waals surface area contributed by atoms with Gasteiger partial charge in [-0.05, 0) is 54.7 Å². The molecule has 158 valence electrons. The number of carbonyl (C=O) groups excluding carboxylic acids is 2. The minimum absolute atomic E-state index is 0.0427. The Balaban J connectivity index is 1.49. The Bertz CT molecular complexity index is 1000. The molecule has 0 aliphatic carbocycles. The van der Waals surface area contributed by atoms with Gasteiger partial charge in [0, 0.05) is 36.5 Å². The van der Waals surface area contributed by atoms with E-state index in [1.54, 1.807) is 0 Å². The predicted molar refractivity (Wildman–Crippen MR) is 119 cm³/mol. The van der Waals surface area contributed by atoms with Crippen molar-refractivity contribution in [2.75, 3.05) is 13.1 Å². The molecule has 1 fully saturated rings. The Morgan fingerprint density at radius 2 is 1.77 bits per heavy atom. The topological polar surface area (TPSA) is 46.6 Å². The molecule has 0 N–H and O–H groups in total. The lowest BCUT2D eigenvalue weighted by Gasteiger charge is -2.44. The monoisotopic (exact) mass is 425 g/mol. The minimum Gasteiger partial charge on any atom is -0.486 e. The van der Waals surface area contributed by atoms with E-state index in [2.05, 4.69) is 13.8 Å². The van der Waals surface area contributed by atoms with Crippen LogP contribution in [-0.2, 0) is 0 Å². The van der Waals surface area contributed by atoms with Crippen molar-refractivity contribution in [3.63, 3.8) is 0 Å². The summed E-state index contributed by atoms with van der Waals surface area (Å²) < 4.78 is 6.41. The van der Waals surface area contributed by atoms with E-state index in [0.717, 1.165) is 11.1 Å². The number of benzene rings is 2. The molecule has 1 amide bonds. The molecule has 2 aliphatic heterocycles. The van der Waals surface area contributed by atoms with Crippen LogP contribution >= 0.6 is 11.6 Å². The molecule has 0 unspecified atom stereocenters. The molecule has 2 aromatic rings. The zero-order valence-electron chi connectivity index (χ0n) is 18.0. The van der Waals surface area contributed by atoms with E-state index in [-0.39, 0.29) is 11.7 Å². The van der Waals surface area contributed by atoms with Crippen LogP contribution in [-0.4, -0.2) is 35.3 Å². The second-order valence-corrected chi connectivity index (χ2v) is 9.34. The van der Waals surface area contributed by atoms with Crippen LogP contribution < -0.4 is 4.74 Å². The van der Waals surface area contributed by atoms with Gasteiger partial charge in [0.05, 0.1) is 12.0 Å². The number of ether oxygens (including phenoxy) is 1. The summed E-state index contributed by atoms with van der Waals surface area (Å²) in [4.78, 5) is 27.8. The zero-order valence-corrected chi connectivity index (χ0v) is 18.8. The molecule has 0 radical (unpaired) electrons. The van der Waals surface area contributed by atoms with Crippen molar-refractivity contribution in [2.24, 2.45) is 0 Å². The number of piperidine rings is 1. The standard InChI is InChI=1S/C25H28ClNO3/c1-15(2)18-5-7-19(8-6-18)24(29)27-11-9-25(10-12-27)14-20(28)22-17(4)23(26)16(3)13-21(22)30-25/h5-8,13,15H,9-12,14H2,1-4H3. The highest BCUT2D eigenvalue weighted by atomic mass is 35.5. The third-order valence-electron chi connectivity index (χ3n) is 6.52. The Kier molecular flexibility index (Phi) is 5.39. The Labute approximate surface area is 183 Å². The third kappa shape index (κ3) is 3.62. The lowest BCUT2D eigenvalue weighted by Crippen LogP contribution is -2.52. The van der Waals surface area contributed by atoms with Gasteiger partial charge in [0.15, 0.2) is 5.78 Å². The minimum atomic E-state index is -0.533. The van der Waals surface area contributed by atoms with Gasteiger partial charge in [-0.1, -0.05) is 37.6 Å². The number of likely N-dealkylation sites (tertiary alicyclic amines) is 1. The highest BCUT2D eigenvalue weighted by Crippen LogP contribution is 2.43. The first kappa shape index (κ1) is 20.9. The maximum Gasteiger partial charge on any atom is 0.253 e. The first-order valence-electron chi connectivity index (χ1n) is 10.6. The fourth-order valence-electron chi connectivity index (χ4n) is 4.59. The SMILES string of the molecule is Cc1cc2c(c(C)c1Cl)C(=O)CC1(CCN(C(=O)c3ccc(C(C)C)cc3)CC1)O2. The van der Waals surface area contributed by atoms with Crippen molar-refractivity contribution >= 4 is 23.3 Å². The van der Waals surface area contributed by atoms with E-state index in [4.69, 9.17) is 16.3 Å². The molecule has 5 heteroatoms. The van der Waals surface area contributed by atoms with Crippen molar-refractivity contribution in [3.05, 3.63) is 63.2 Å². The Morgan fingerprint density at radius 1 is 1.13 bits per heavy atom. The van der Waals surface area contributed by atoms with Crippen molar-refractivity contribution < 1.29 is 14.3 Å². The number of ketones is 1. The predicted octanol–water partition coefficient (Wildman–Crippen LogP) is 5.72. The van der Waals surface area contributed by atoms with Crippen molar-refractivity contribution in [2.45, 2.75) is 58.5 Å². The number of hydrogen-bond donors (Lipinski definition) is 0. The van der Waals surface area contributed by atoms with Crippen LogP contribution in [0, 0.1) is 13.8 Å². The number of hydrogen-bond acceptors (Lipinski definition) is 3. The zero-order chi connectivity index (χ0) is 21.6. The first-order chi connectivity index (χ1) is 14.2. The van der Waals surface area contributed by atoms with Crippen LogP contribution in [0.1, 0.15) is 76.4 Å². The van der Waals surface area contributed by atoms with Gasteiger partial charge < -0.3 is 9.64 Å². The maximum atomic E-state index is 12.9. The second-order valence-electron chi connectivity index (χ2n) is 8.96. The molecule has 1 spiro atoms. The molecule has 0 atom stereocenters. The number of nitrogens with zero attached hydrogens (tertiary/aromatic N) is 1. The van der Waals surface area contributed by atoms with Gasteiger partial charge in [-0.25, -0.2) is 0 Å². The molecule has 4 nitrogen and oxygen atoms in total.